The van der Waals surface area contributed by atoms with E-state index < -0.39 is 0 Å². The first-order valence-corrected chi connectivity index (χ1v) is 11.0. The molecule has 1 aliphatic rings. The molecule has 3 aromatic rings. The molecule has 0 atom stereocenters. The number of amides is 1. The highest BCUT2D eigenvalue weighted by Crippen LogP contribution is 2.36. The van der Waals surface area contributed by atoms with Gasteiger partial charge in [-0.2, -0.15) is 0 Å². The lowest BCUT2D eigenvalue weighted by atomic mass is 10.2. The van der Waals surface area contributed by atoms with Crippen molar-refractivity contribution in [3.8, 4) is 0 Å². The maximum absolute atomic E-state index is 13.2. The number of aliphatic imine (C=N–C) groups is 1. The number of hydrogen-bond donors (Lipinski definition) is 0. The monoisotopic (exact) mass is 452 g/mol. The molecule has 1 heterocycles. The second-order valence-corrected chi connectivity index (χ2v) is 8.53. The molecule has 0 unspecified atom stereocenters. The van der Waals surface area contributed by atoms with Gasteiger partial charge in [-0.05, 0) is 41.1 Å². The summed E-state index contributed by atoms with van der Waals surface area (Å²) >= 11 is 14.0. The first-order chi connectivity index (χ1) is 14.6. The summed E-state index contributed by atoms with van der Waals surface area (Å²) in [5.74, 6) is -0.105. The fraction of sp³-hybridized carbons (Fsp3) is 0.0833. The summed E-state index contributed by atoms with van der Waals surface area (Å²) in [4.78, 5) is 20.2. The van der Waals surface area contributed by atoms with Crippen LogP contribution in [0.2, 0.25) is 10.0 Å². The molecular weight excluding hydrogens is 435 g/mol. The number of carbonyl (C=O) groups excluding carboxylic acids is 1. The summed E-state index contributed by atoms with van der Waals surface area (Å²) in [6.45, 7) is 0.954. The Balaban J connectivity index is 1.67. The average Bonchev–Trinajstić information content (AvgIpc) is 3.05. The molecule has 0 bridgehead atoms. The first-order valence-electron chi connectivity index (χ1n) is 9.39. The van der Waals surface area contributed by atoms with Crippen LogP contribution in [0.25, 0.3) is 6.08 Å². The highest BCUT2D eigenvalue weighted by molar-refractivity contribution is 8.18. The molecule has 6 heteroatoms. The summed E-state index contributed by atoms with van der Waals surface area (Å²) in [7, 11) is 0. The molecule has 150 valence electrons. The van der Waals surface area contributed by atoms with E-state index in [4.69, 9.17) is 28.2 Å². The maximum Gasteiger partial charge on any atom is 0.267 e. The summed E-state index contributed by atoms with van der Waals surface area (Å²) in [5, 5.41) is 1.68. The number of amidine groups is 1. The lowest BCUT2D eigenvalue weighted by Gasteiger charge is -2.15. The standard InChI is InChI=1S/C24H18Cl2N2OS/c25-20-12-7-13-21(26)19(20)14-22-23(29)28(16-18-10-5-2-6-11-18)24(30-22)27-15-17-8-3-1-4-9-17/h1-14H,15-16H2/b22-14-,27-24?. The van der Waals surface area contributed by atoms with Gasteiger partial charge < -0.3 is 0 Å². The Bertz CT molecular complexity index is 1090. The van der Waals surface area contributed by atoms with Gasteiger partial charge in [0.2, 0.25) is 0 Å². The fourth-order valence-corrected chi connectivity index (χ4v) is 4.52. The van der Waals surface area contributed by atoms with Crippen LogP contribution in [-0.4, -0.2) is 16.0 Å². The van der Waals surface area contributed by atoms with E-state index in [-0.39, 0.29) is 5.91 Å². The van der Waals surface area contributed by atoms with Gasteiger partial charge in [0.15, 0.2) is 5.17 Å². The third kappa shape index (κ3) is 4.78. The SMILES string of the molecule is O=C1/C(=C/c2c(Cl)cccc2Cl)SC(=NCc2ccccc2)N1Cc1ccccc1. The lowest BCUT2D eigenvalue weighted by molar-refractivity contribution is -0.122. The van der Waals surface area contributed by atoms with Gasteiger partial charge in [-0.15, -0.1) is 0 Å². The van der Waals surface area contributed by atoms with E-state index in [1.165, 1.54) is 11.8 Å². The molecule has 0 radical (unpaired) electrons. The minimum absolute atomic E-state index is 0.105. The minimum atomic E-state index is -0.105. The third-order valence-electron chi connectivity index (χ3n) is 4.59. The van der Waals surface area contributed by atoms with Crippen LogP contribution in [0, 0.1) is 0 Å². The summed E-state index contributed by atoms with van der Waals surface area (Å²) in [6, 6.07) is 25.2. The molecule has 1 fully saturated rings. The van der Waals surface area contributed by atoms with E-state index in [0.29, 0.717) is 38.8 Å². The van der Waals surface area contributed by atoms with E-state index in [9.17, 15) is 4.79 Å². The molecule has 0 aromatic heterocycles. The van der Waals surface area contributed by atoms with E-state index >= 15 is 0 Å². The normalized spacial score (nSPS) is 16.6. The number of hydrogen-bond acceptors (Lipinski definition) is 3. The molecule has 4 rings (SSSR count). The van der Waals surface area contributed by atoms with E-state index in [1.807, 2.05) is 60.7 Å². The number of rotatable bonds is 5. The van der Waals surface area contributed by atoms with Crippen molar-refractivity contribution in [2.24, 2.45) is 4.99 Å². The van der Waals surface area contributed by atoms with Crippen molar-refractivity contribution in [2.45, 2.75) is 13.1 Å². The van der Waals surface area contributed by atoms with Crippen LogP contribution in [0.5, 0.6) is 0 Å². The minimum Gasteiger partial charge on any atom is -0.282 e. The van der Waals surface area contributed by atoms with Crippen molar-refractivity contribution in [2.75, 3.05) is 0 Å². The quantitative estimate of drug-likeness (QED) is 0.405. The van der Waals surface area contributed by atoms with Crippen molar-refractivity contribution in [1.82, 2.24) is 4.90 Å². The predicted molar refractivity (Wildman–Crippen MR) is 127 cm³/mol. The third-order valence-corrected chi connectivity index (χ3v) is 6.29. The van der Waals surface area contributed by atoms with Crippen molar-refractivity contribution in [1.29, 1.82) is 0 Å². The largest absolute Gasteiger partial charge is 0.282 e. The number of carbonyl (C=O) groups is 1. The second-order valence-electron chi connectivity index (χ2n) is 6.71. The molecule has 1 aliphatic heterocycles. The van der Waals surface area contributed by atoms with Gasteiger partial charge in [0.1, 0.15) is 0 Å². The van der Waals surface area contributed by atoms with Gasteiger partial charge in [-0.3, -0.25) is 14.7 Å². The topological polar surface area (TPSA) is 32.7 Å². The van der Waals surface area contributed by atoms with E-state index in [2.05, 4.69) is 0 Å². The highest BCUT2D eigenvalue weighted by atomic mass is 35.5. The Hall–Kier alpha value is -2.53. The zero-order valence-electron chi connectivity index (χ0n) is 16.0. The zero-order chi connectivity index (χ0) is 20.9. The smallest absolute Gasteiger partial charge is 0.267 e. The van der Waals surface area contributed by atoms with Crippen LogP contribution in [0.15, 0.2) is 88.8 Å². The molecule has 1 saturated heterocycles. The summed E-state index contributed by atoms with van der Waals surface area (Å²) in [6.07, 6.45) is 1.75. The van der Waals surface area contributed by atoms with Crippen molar-refractivity contribution >= 4 is 52.1 Å². The predicted octanol–water partition coefficient (Wildman–Crippen LogP) is 6.67. The Morgan fingerprint density at radius 1 is 0.833 bits per heavy atom. The van der Waals surface area contributed by atoms with Crippen LogP contribution in [-0.2, 0) is 17.9 Å². The Kier molecular flexibility index (Phi) is 6.58. The van der Waals surface area contributed by atoms with Gasteiger partial charge in [-0.25, -0.2) is 0 Å². The molecular formula is C24H18Cl2N2OS. The van der Waals surface area contributed by atoms with Crippen LogP contribution in [0.3, 0.4) is 0 Å². The van der Waals surface area contributed by atoms with E-state index in [1.54, 1.807) is 29.2 Å². The number of benzene rings is 3. The maximum atomic E-state index is 13.2. The number of halogens is 2. The average molecular weight is 453 g/mol. The number of thioether (sulfide) groups is 1. The van der Waals surface area contributed by atoms with Gasteiger partial charge >= 0.3 is 0 Å². The van der Waals surface area contributed by atoms with Crippen molar-refractivity contribution < 1.29 is 4.79 Å². The van der Waals surface area contributed by atoms with E-state index in [0.717, 1.165) is 11.1 Å². The van der Waals surface area contributed by atoms with Crippen LogP contribution >= 0.6 is 35.0 Å². The first kappa shape index (κ1) is 20.7. The van der Waals surface area contributed by atoms with Crippen LogP contribution in [0.1, 0.15) is 16.7 Å². The molecule has 0 saturated carbocycles. The fourth-order valence-electron chi connectivity index (χ4n) is 3.05. The lowest BCUT2D eigenvalue weighted by Crippen LogP contribution is -2.28. The molecule has 30 heavy (non-hydrogen) atoms. The van der Waals surface area contributed by atoms with Gasteiger partial charge in [0.05, 0.1) is 18.0 Å². The molecule has 1 amide bonds. The van der Waals surface area contributed by atoms with Crippen molar-refractivity contribution in [3.05, 3.63) is 111 Å². The van der Waals surface area contributed by atoms with Gasteiger partial charge in [0, 0.05) is 15.6 Å². The zero-order valence-corrected chi connectivity index (χ0v) is 18.3. The van der Waals surface area contributed by atoms with Crippen molar-refractivity contribution in [3.63, 3.8) is 0 Å². The molecule has 0 spiro atoms. The number of nitrogens with zero attached hydrogens (tertiary/aromatic N) is 2. The highest BCUT2D eigenvalue weighted by Gasteiger charge is 2.33. The Labute approximate surface area is 190 Å². The Morgan fingerprint density at radius 2 is 1.43 bits per heavy atom. The molecule has 0 aliphatic carbocycles. The van der Waals surface area contributed by atoms with Crippen LogP contribution in [0.4, 0.5) is 0 Å². The van der Waals surface area contributed by atoms with Crippen LogP contribution < -0.4 is 0 Å². The van der Waals surface area contributed by atoms with Gasteiger partial charge in [0.25, 0.3) is 5.91 Å². The summed E-state index contributed by atoms with van der Waals surface area (Å²) < 4.78 is 0. The molecule has 3 nitrogen and oxygen atoms in total. The second kappa shape index (κ2) is 9.52. The Morgan fingerprint density at radius 3 is 2.07 bits per heavy atom. The summed E-state index contributed by atoms with van der Waals surface area (Å²) in [5.41, 5.74) is 2.76. The van der Waals surface area contributed by atoms with Gasteiger partial charge in [-0.1, -0.05) is 89.9 Å². The molecule has 0 N–H and O–H groups in total. The molecule has 3 aromatic carbocycles.